The maximum Gasteiger partial charge on any atom is 0.263 e. The normalized spacial score (nSPS) is 13.9. The Hall–Kier alpha value is -0.270. The number of sulfonamides is 1. The van der Waals surface area contributed by atoms with Gasteiger partial charge in [-0.3, -0.25) is 0 Å². The van der Waals surface area contributed by atoms with E-state index in [9.17, 15) is 17.2 Å². The van der Waals surface area contributed by atoms with Crippen molar-refractivity contribution in [2.24, 2.45) is 0 Å². The van der Waals surface area contributed by atoms with E-state index in [-0.39, 0.29) is 0 Å². The first-order valence-electron chi connectivity index (χ1n) is 4.55. The average molecular weight is 245 g/mol. The van der Waals surface area contributed by atoms with Gasteiger partial charge in [0.15, 0.2) is 0 Å². The Balaban J connectivity index is 4.71. The third-order valence-electron chi connectivity index (χ3n) is 1.87. The molecule has 1 N–H and O–H groups in total. The van der Waals surface area contributed by atoms with Crippen LogP contribution in [0.2, 0.25) is 0 Å². The Kier molecular flexibility index (Phi) is 5.08. The fourth-order valence-electron chi connectivity index (χ4n) is 1.15. The molecule has 0 fully saturated rings. The highest BCUT2D eigenvalue weighted by Crippen LogP contribution is 2.22. The molecule has 0 bridgehead atoms. The Bertz CT molecular complexity index is 290. The minimum atomic E-state index is -3.64. The van der Waals surface area contributed by atoms with Crippen LogP contribution in [0, 0.1) is 0 Å². The molecule has 0 aliphatic heterocycles. The smallest absolute Gasteiger partial charge is 0.263 e. The molecule has 0 aliphatic carbocycles. The van der Waals surface area contributed by atoms with Gasteiger partial charge in [-0.1, -0.05) is 0 Å². The summed E-state index contributed by atoms with van der Waals surface area (Å²) in [6, 6.07) is -0.524. The number of hydrogen-bond acceptors (Lipinski definition) is 3. The fraction of sp³-hybridized carbons (Fsp3) is 1.00. The molecular formula is C8H17F2NO3S. The molecule has 0 spiro atoms. The van der Waals surface area contributed by atoms with Gasteiger partial charge in [-0.2, -0.15) is 4.31 Å². The van der Waals surface area contributed by atoms with E-state index in [2.05, 4.69) is 0 Å². The van der Waals surface area contributed by atoms with Crippen LogP contribution < -0.4 is 0 Å². The summed E-state index contributed by atoms with van der Waals surface area (Å²) in [7, 11) is -3.64. The van der Waals surface area contributed by atoms with Gasteiger partial charge in [-0.25, -0.2) is 17.2 Å². The Morgan fingerprint density at radius 3 is 2.13 bits per heavy atom. The molecule has 0 radical (unpaired) electrons. The van der Waals surface area contributed by atoms with Gasteiger partial charge in [0.1, 0.15) is 0 Å². The predicted octanol–water partition coefficient (Wildman–Crippen LogP) is 0.674. The monoisotopic (exact) mass is 245 g/mol. The minimum absolute atomic E-state index is 0.524. The number of aliphatic hydroxyl groups excluding tert-OH is 1. The van der Waals surface area contributed by atoms with Crippen LogP contribution in [0.4, 0.5) is 8.78 Å². The quantitative estimate of drug-likeness (QED) is 0.748. The second-order valence-electron chi connectivity index (χ2n) is 3.73. The third-order valence-corrected chi connectivity index (χ3v) is 3.27. The van der Waals surface area contributed by atoms with Crippen LogP contribution in [0.5, 0.6) is 0 Å². The van der Waals surface area contributed by atoms with Gasteiger partial charge in [0, 0.05) is 19.1 Å². The van der Waals surface area contributed by atoms with Crippen LogP contribution in [0.3, 0.4) is 0 Å². The maximum absolute atomic E-state index is 13.1. The number of halogens is 2. The lowest BCUT2D eigenvalue weighted by molar-refractivity contribution is -0.0381. The van der Waals surface area contributed by atoms with E-state index in [1.54, 1.807) is 0 Å². The molecule has 7 heteroatoms. The maximum atomic E-state index is 13.1. The van der Waals surface area contributed by atoms with E-state index in [0.29, 0.717) is 0 Å². The van der Waals surface area contributed by atoms with Crippen LogP contribution in [0.1, 0.15) is 20.3 Å². The molecule has 0 saturated carbocycles. The SMILES string of the molecule is CC(C)N(CC(F)(F)CCO)S(C)(=O)=O. The highest BCUT2D eigenvalue weighted by molar-refractivity contribution is 7.88. The molecule has 0 heterocycles. The van der Waals surface area contributed by atoms with Crippen molar-refractivity contribution in [2.45, 2.75) is 32.2 Å². The first kappa shape index (κ1) is 14.7. The van der Waals surface area contributed by atoms with E-state index in [4.69, 9.17) is 5.11 Å². The molecule has 0 unspecified atom stereocenters. The minimum Gasteiger partial charge on any atom is -0.396 e. The van der Waals surface area contributed by atoms with Crippen molar-refractivity contribution < 1.29 is 22.3 Å². The molecule has 0 aromatic rings. The predicted molar refractivity (Wildman–Crippen MR) is 53.3 cm³/mol. The summed E-state index contributed by atoms with van der Waals surface area (Å²) in [4.78, 5) is 0. The van der Waals surface area contributed by atoms with Crippen molar-refractivity contribution in [3.8, 4) is 0 Å². The molecular weight excluding hydrogens is 228 g/mol. The van der Waals surface area contributed by atoms with Crippen molar-refractivity contribution in [3.05, 3.63) is 0 Å². The van der Waals surface area contributed by atoms with E-state index < -0.39 is 41.6 Å². The summed E-state index contributed by atoms with van der Waals surface area (Å²) in [6.07, 6.45) is 0.160. The van der Waals surface area contributed by atoms with Crippen molar-refractivity contribution in [3.63, 3.8) is 0 Å². The van der Waals surface area contributed by atoms with Crippen molar-refractivity contribution >= 4 is 10.0 Å². The van der Waals surface area contributed by atoms with Crippen LogP contribution in [0.15, 0.2) is 0 Å². The zero-order valence-electron chi connectivity index (χ0n) is 9.07. The molecule has 0 aromatic carbocycles. The Morgan fingerprint density at radius 2 is 1.87 bits per heavy atom. The van der Waals surface area contributed by atoms with Crippen LogP contribution >= 0.6 is 0 Å². The lowest BCUT2D eigenvalue weighted by Gasteiger charge is -2.28. The molecule has 0 rings (SSSR count). The number of hydrogen-bond donors (Lipinski definition) is 1. The topological polar surface area (TPSA) is 57.6 Å². The van der Waals surface area contributed by atoms with E-state index in [1.807, 2.05) is 0 Å². The average Bonchev–Trinajstić information content (AvgIpc) is 1.97. The van der Waals surface area contributed by atoms with Gasteiger partial charge in [0.25, 0.3) is 5.92 Å². The number of nitrogens with zero attached hydrogens (tertiary/aromatic N) is 1. The summed E-state index contributed by atoms with van der Waals surface area (Å²) in [6.45, 7) is 1.50. The largest absolute Gasteiger partial charge is 0.396 e. The lowest BCUT2D eigenvalue weighted by Crippen LogP contribution is -2.44. The number of aliphatic hydroxyl groups is 1. The van der Waals surface area contributed by atoms with Gasteiger partial charge >= 0.3 is 0 Å². The summed E-state index contributed by atoms with van der Waals surface area (Å²) in [5.41, 5.74) is 0. The summed E-state index contributed by atoms with van der Waals surface area (Å²) in [5.74, 6) is -3.19. The molecule has 4 nitrogen and oxygen atoms in total. The molecule has 92 valence electrons. The van der Waals surface area contributed by atoms with Crippen LogP contribution in [-0.4, -0.2) is 49.2 Å². The zero-order valence-corrected chi connectivity index (χ0v) is 9.89. The van der Waals surface area contributed by atoms with E-state index in [0.717, 1.165) is 10.6 Å². The Labute approximate surface area is 88.9 Å². The third kappa shape index (κ3) is 5.39. The molecule has 0 aliphatic rings. The second kappa shape index (κ2) is 5.18. The van der Waals surface area contributed by atoms with Gasteiger partial charge in [-0.15, -0.1) is 0 Å². The van der Waals surface area contributed by atoms with Gasteiger partial charge < -0.3 is 5.11 Å². The zero-order chi connectivity index (χ0) is 12.3. The summed E-state index contributed by atoms with van der Waals surface area (Å²) < 4.78 is 49.3. The van der Waals surface area contributed by atoms with Crippen molar-refractivity contribution in [2.75, 3.05) is 19.4 Å². The number of rotatable bonds is 6. The molecule has 15 heavy (non-hydrogen) atoms. The molecule has 0 atom stereocenters. The summed E-state index contributed by atoms with van der Waals surface area (Å²) >= 11 is 0. The first-order valence-corrected chi connectivity index (χ1v) is 6.40. The van der Waals surface area contributed by atoms with Crippen molar-refractivity contribution in [1.82, 2.24) is 4.31 Å². The highest BCUT2D eigenvalue weighted by Gasteiger charge is 2.35. The lowest BCUT2D eigenvalue weighted by atomic mass is 10.2. The van der Waals surface area contributed by atoms with E-state index in [1.165, 1.54) is 13.8 Å². The van der Waals surface area contributed by atoms with Crippen LogP contribution in [0.25, 0.3) is 0 Å². The highest BCUT2D eigenvalue weighted by atomic mass is 32.2. The first-order chi connectivity index (χ1) is 6.60. The molecule has 0 aromatic heterocycles. The second-order valence-corrected chi connectivity index (χ2v) is 5.67. The fourth-order valence-corrected chi connectivity index (χ4v) is 2.34. The standard InChI is InChI=1S/C8H17F2NO3S/c1-7(2)11(15(3,13)14)6-8(9,10)4-5-12/h7,12H,4-6H2,1-3H3. The summed E-state index contributed by atoms with van der Waals surface area (Å²) in [5, 5.41) is 8.41. The van der Waals surface area contributed by atoms with Gasteiger partial charge in [-0.05, 0) is 13.8 Å². The molecule has 0 saturated heterocycles. The number of alkyl halides is 2. The van der Waals surface area contributed by atoms with Gasteiger partial charge in [0.2, 0.25) is 10.0 Å². The van der Waals surface area contributed by atoms with Crippen LogP contribution in [-0.2, 0) is 10.0 Å². The van der Waals surface area contributed by atoms with E-state index >= 15 is 0 Å². The van der Waals surface area contributed by atoms with Gasteiger partial charge in [0.05, 0.1) is 12.8 Å². The Morgan fingerprint density at radius 1 is 1.40 bits per heavy atom. The molecule has 0 amide bonds. The van der Waals surface area contributed by atoms with Crippen molar-refractivity contribution in [1.29, 1.82) is 0 Å².